The van der Waals surface area contributed by atoms with Crippen molar-refractivity contribution < 1.29 is 80.2 Å². The van der Waals surface area contributed by atoms with Crippen molar-refractivity contribution in [2.45, 2.75) is 458 Å². The minimum absolute atomic E-state index is 0.107. The minimum Gasteiger partial charge on any atom is -0.462 e. The van der Waals surface area contributed by atoms with Crippen LogP contribution in [0.5, 0.6) is 0 Å². The average Bonchev–Trinajstić information content (AvgIpc) is 0.916. The lowest BCUT2D eigenvalue weighted by Crippen LogP contribution is -2.30. The van der Waals surface area contributed by atoms with Crippen molar-refractivity contribution in [2.75, 3.05) is 39.6 Å². The van der Waals surface area contributed by atoms with Gasteiger partial charge in [0.15, 0.2) is 12.2 Å². The lowest BCUT2D eigenvalue weighted by molar-refractivity contribution is -0.161. The molecule has 0 heterocycles. The summed E-state index contributed by atoms with van der Waals surface area (Å²) in [5, 5.41) is 10.7. The van der Waals surface area contributed by atoms with Crippen molar-refractivity contribution in [3.63, 3.8) is 0 Å². The molecule has 2 unspecified atom stereocenters. The van der Waals surface area contributed by atoms with E-state index in [-0.39, 0.29) is 25.7 Å². The van der Waals surface area contributed by atoms with E-state index in [1.54, 1.807) is 0 Å². The van der Waals surface area contributed by atoms with Crippen molar-refractivity contribution in [3.05, 3.63) is 0 Å². The summed E-state index contributed by atoms with van der Waals surface area (Å²) in [7, 11) is -9.92. The largest absolute Gasteiger partial charge is 0.472 e. The molecule has 606 valence electrons. The van der Waals surface area contributed by atoms with E-state index in [2.05, 4.69) is 41.5 Å². The summed E-state index contributed by atoms with van der Waals surface area (Å²) in [5.41, 5.74) is 0. The Kier molecular flexibility index (Phi) is 73.1. The van der Waals surface area contributed by atoms with Gasteiger partial charge in [-0.05, 0) is 37.5 Å². The van der Waals surface area contributed by atoms with E-state index in [4.69, 9.17) is 37.0 Å². The van der Waals surface area contributed by atoms with Crippen LogP contribution < -0.4 is 0 Å². The highest BCUT2D eigenvalue weighted by atomic mass is 31.2. The standard InChI is InChI=1S/C83H162O17P2/c1-7-9-11-13-15-17-19-20-21-22-23-26-29-36-42-48-54-60-66-81(86)94-72-79(99-82(87)67-61-55-49-43-37-30-27-24-25-28-34-39-45-51-57-63-75(3)4)74-98-102(91,92)96-70-77(84)69-95-101(89,90)97-73-78(71-93-80(85)65-59-53-47-41-33-18-16-14-12-10-8-2)100-83(88)68-62-56-50-44-38-32-31-35-40-46-52-58-64-76(5)6/h75-79,84H,7-74H2,1-6H3,(H,89,90)(H,91,92)/t77-,78+,79+/m0/s1. The van der Waals surface area contributed by atoms with E-state index in [1.807, 2.05) is 0 Å². The van der Waals surface area contributed by atoms with Gasteiger partial charge in [-0.3, -0.25) is 37.3 Å². The van der Waals surface area contributed by atoms with Gasteiger partial charge in [-0.15, -0.1) is 0 Å². The number of esters is 4. The van der Waals surface area contributed by atoms with Gasteiger partial charge in [0.25, 0.3) is 0 Å². The first-order valence-electron chi connectivity index (χ1n) is 43.0. The Morgan fingerprint density at radius 1 is 0.265 bits per heavy atom. The molecule has 19 heteroatoms. The molecule has 102 heavy (non-hydrogen) atoms. The number of phosphoric acid groups is 2. The normalized spacial score (nSPS) is 13.9. The predicted molar refractivity (Wildman–Crippen MR) is 418 cm³/mol. The summed E-state index contributed by atoms with van der Waals surface area (Å²) < 4.78 is 68.8. The van der Waals surface area contributed by atoms with Crippen LogP contribution in [-0.4, -0.2) is 96.7 Å². The number of unbranched alkanes of at least 4 members (excludes halogenated alkanes) is 52. The third kappa shape index (κ3) is 76.3. The number of aliphatic hydroxyl groups excluding tert-OH is 1. The molecule has 0 bridgehead atoms. The Labute approximate surface area is 626 Å². The molecular formula is C83H162O17P2. The van der Waals surface area contributed by atoms with Crippen LogP contribution in [-0.2, 0) is 65.4 Å². The van der Waals surface area contributed by atoms with E-state index in [0.717, 1.165) is 102 Å². The lowest BCUT2D eigenvalue weighted by Gasteiger charge is -2.21. The smallest absolute Gasteiger partial charge is 0.462 e. The van der Waals surface area contributed by atoms with E-state index in [0.29, 0.717) is 25.7 Å². The maximum Gasteiger partial charge on any atom is 0.472 e. The molecule has 5 atom stereocenters. The van der Waals surface area contributed by atoms with Gasteiger partial charge < -0.3 is 33.8 Å². The molecule has 0 radical (unpaired) electrons. The van der Waals surface area contributed by atoms with Gasteiger partial charge in [0, 0.05) is 25.7 Å². The summed E-state index contributed by atoms with van der Waals surface area (Å²) >= 11 is 0. The first-order valence-corrected chi connectivity index (χ1v) is 46.0. The van der Waals surface area contributed by atoms with Crippen LogP contribution in [0.1, 0.15) is 440 Å². The van der Waals surface area contributed by atoms with Gasteiger partial charge >= 0.3 is 39.5 Å². The van der Waals surface area contributed by atoms with Crippen molar-refractivity contribution >= 4 is 39.5 Å². The fraction of sp³-hybridized carbons (Fsp3) is 0.952. The van der Waals surface area contributed by atoms with Crippen LogP contribution in [0.15, 0.2) is 0 Å². The number of aliphatic hydroxyl groups is 1. The summed E-state index contributed by atoms with van der Waals surface area (Å²) in [5.74, 6) is -0.525. The van der Waals surface area contributed by atoms with Crippen molar-refractivity contribution in [2.24, 2.45) is 11.8 Å². The number of carbonyl (C=O) groups excluding carboxylic acids is 4. The van der Waals surface area contributed by atoms with Crippen LogP contribution in [0.2, 0.25) is 0 Å². The molecule has 0 aliphatic carbocycles. The molecule has 0 aliphatic heterocycles. The molecule has 0 fully saturated rings. The number of ether oxygens (including phenoxy) is 4. The highest BCUT2D eigenvalue weighted by Crippen LogP contribution is 2.45. The minimum atomic E-state index is -4.96. The van der Waals surface area contributed by atoms with E-state index in [1.165, 1.54) is 257 Å². The van der Waals surface area contributed by atoms with E-state index >= 15 is 0 Å². The average molecular weight is 1490 g/mol. The van der Waals surface area contributed by atoms with Gasteiger partial charge in [-0.25, -0.2) is 9.13 Å². The van der Waals surface area contributed by atoms with E-state index < -0.39 is 97.5 Å². The van der Waals surface area contributed by atoms with Crippen molar-refractivity contribution in [1.29, 1.82) is 0 Å². The summed E-state index contributed by atoms with van der Waals surface area (Å²) in [6, 6.07) is 0. The number of hydrogen-bond donors (Lipinski definition) is 3. The Bertz CT molecular complexity index is 1960. The van der Waals surface area contributed by atoms with Crippen LogP contribution in [0.25, 0.3) is 0 Å². The first kappa shape index (κ1) is 100. The van der Waals surface area contributed by atoms with E-state index in [9.17, 15) is 43.2 Å². The highest BCUT2D eigenvalue weighted by Gasteiger charge is 2.30. The molecule has 0 aliphatic rings. The monoisotopic (exact) mass is 1490 g/mol. The Morgan fingerprint density at radius 2 is 0.451 bits per heavy atom. The van der Waals surface area contributed by atoms with Crippen LogP contribution in [0.3, 0.4) is 0 Å². The quantitative estimate of drug-likeness (QED) is 0.0222. The molecule has 17 nitrogen and oxygen atoms in total. The molecule has 0 aromatic carbocycles. The van der Waals surface area contributed by atoms with Crippen LogP contribution >= 0.6 is 15.6 Å². The molecule has 0 saturated heterocycles. The lowest BCUT2D eigenvalue weighted by atomic mass is 10.0. The van der Waals surface area contributed by atoms with Gasteiger partial charge in [0.2, 0.25) is 0 Å². The molecule has 0 amide bonds. The fourth-order valence-electron chi connectivity index (χ4n) is 12.9. The Morgan fingerprint density at radius 3 is 0.667 bits per heavy atom. The first-order chi connectivity index (χ1) is 49.4. The Hall–Kier alpha value is -1.94. The maximum atomic E-state index is 13.1. The zero-order valence-corrected chi connectivity index (χ0v) is 68.7. The third-order valence-corrected chi connectivity index (χ3v) is 21.4. The topological polar surface area (TPSA) is 237 Å². The summed E-state index contributed by atoms with van der Waals surface area (Å²) in [6.45, 7) is 9.69. The molecule has 0 spiro atoms. The molecular weight excluding hydrogens is 1330 g/mol. The molecule has 0 saturated carbocycles. The van der Waals surface area contributed by atoms with Gasteiger partial charge in [0.05, 0.1) is 26.4 Å². The summed E-state index contributed by atoms with van der Waals surface area (Å²) in [4.78, 5) is 73.1. The fourth-order valence-corrected chi connectivity index (χ4v) is 14.5. The van der Waals surface area contributed by atoms with Gasteiger partial charge in [-0.2, -0.15) is 0 Å². The van der Waals surface area contributed by atoms with Crippen molar-refractivity contribution in [3.8, 4) is 0 Å². The SMILES string of the molecule is CCCCCCCCCCCCCCCCCCCCC(=O)OC[C@H](COP(=O)(O)OC[C@@H](O)COP(=O)(O)OC[C@@H](COC(=O)CCCCCCCCCCCCC)OC(=O)CCCCCCCCCCCCCCC(C)C)OC(=O)CCCCCCCCCCCCCCCCCC(C)C. The van der Waals surface area contributed by atoms with Gasteiger partial charge in [-0.1, -0.05) is 388 Å². The predicted octanol–water partition coefficient (Wildman–Crippen LogP) is 25.1. The second-order valence-electron chi connectivity index (χ2n) is 30.8. The molecule has 3 N–H and O–H groups in total. The van der Waals surface area contributed by atoms with Crippen LogP contribution in [0, 0.1) is 11.8 Å². The third-order valence-electron chi connectivity index (χ3n) is 19.5. The number of carbonyl (C=O) groups is 4. The molecule has 0 aromatic heterocycles. The number of phosphoric ester groups is 2. The highest BCUT2D eigenvalue weighted by molar-refractivity contribution is 7.47. The van der Waals surface area contributed by atoms with Crippen molar-refractivity contribution in [1.82, 2.24) is 0 Å². The molecule has 0 rings (SSSR count). The summed E-state index contributed by atoms with van der Waals surface area (Å²) in [6.07, 6.45) is 65.1. The Balaban J connectivity index is 5.25. The van der Waals surface area contributed by atoms with Crippen LogP contribution in [0.4, 0.5) is 0 Å². The molecule has 0 aromatic rings. The van der Waals surface area contributed by atoms with Gasteiger partial charge in [0.1, 0.15) is 19.3 Å². The maximum absolute atomic E-state index is 13.1. The number of hydrogen-bond acceptors (Lipinski definition) is 15. The zero-order valence-electron chi connectivity index (χ0n) is 66.9. The zero-order chi connectivity index (χ0) is 74.9. The second-order valence-corrected chi connectivity index (χ2v) is 33.7. The second kappa shape index (κ2) is 74.5. The number of rotatable bonds is 82.